The van der Waals surface area contributed by atoms with Crippen molar-refractivity contribution in [3.05, 3.63) is 66.5 Å². The van der Waals surface area contributed by atoms with Crippen LogP contribution in [0.25, 0.3) is 11.3 Å². The summed E-state index contributed by atoms with van der Waals surface area (Å²) < 4.78 is 5.43. The third-order valence-electron chi connectivity index (χ3n) is 6.62. The van der Waals surface area contributed by atoms with E-state index in [1.165, 1.54) is 6.33 Å². The van der Waals surface area contributed by atoms with Crippen LogP contribution in [0.15, 0.2) is 60.9 Å². The van der Waals surface area contributed by atoms with Crippen molar-refractivity contribution in [1.29, 1.82) is 0 Å². The number of aromatic nitrogens is 2. The number of nitrogens with one attached hydrogen (secondary N) is 4. The van der Waals surface area contributed by atoms with E-state index >= 15 is 0 Å². The lowest BCUT2D eigenvalue weighted by Crippen LogP contribution is -2.40. The smallest absolute Gasteiger partial charge is 0.303 e. The van der Waals surface area contributed by atoms with Crippen LogP contribution in [0.1, 0.15) is 42.5 Å². The molecular weight excluding hydrogens is 512 g/mol. The van der Waals surface area contributed by atoms with Gasteiger partial charge in [0, 0.05) is 48.4 Å². The molecule has 2 amide bonds. The molecule has 1 aliphatic heterocycles. The number of unbranched alkanes of at least 4 members (excludes halogenated alkanes) is 2. The van der Waals surface area contributed by atoms with Crippen molar-refractivity contribution in [2.24, 2.45) is 0 Å². The highest BCUT2D eigenvalue weighted by Crippen LogP contribution is 2.29. The van der Waals surface area contributed by atoms with Gasteiger partial charge in [-0.1, -0.05) is 18.6 Å². The van der Waals surface area contributed by atoms with E-state index in [9.17, 15) is 14.4 Å². The lowest BCUT2D eigenvalue weighted by Gasteiger charge is -2.13. The molecule has 1 saturated heterocycles. The van der Waals surface area contributed by atoms with Crippen LogP contribution >= 0.6 is 0 Å². The Morgan fingerprint density at radius 1 is 1.05 bits per heavy atom. The second kappa shape index (κ2) is 14.0. The lowest BCUT2D eigenvalue weighted by atomic mass is 10.1. The molecule has 5 N–H and O–H groups in total. The predicted molar refractivity (Wildman–Crippen MR) is 151 cm³/mol. The number of rotatable bonds is 13. The Hall–Kier alpha value is -4.51. The quantitative estimate of drug-likeness (QED) is 0.203. The molecule has 1 aromatic heterocycles. The van der Waals surface area contributed by atoms with Crippen LogP contribution in [0, 0.1) is 0 Å². The van der Waals surface area contributed by atoms with Gasteiger partial charge in [-0.05, 0) is 55.7 Å². The van der Waals surface area contributed by atoms with Gasteiger partial charge in [-0.3, -0.25) is 14.4 Å². The van der Waals surface area contributed by atoms with Gasteiger partial charge >= 0.3 is 5.97 Å². The zero-order valence-electron chi connectivity index (χ0n) is 22.4. The normalized spacial score (nSPS) is 16.2. The number of aliphatic carboxylic acids is 1. The van der Waals surface area contributed by atoms with Crippen molar-refractivity contribution in [2.75, 3.05) is 25.5 Å². The van der Waals surface area contributed by atoms with Crippen molar-refractivity contribution in [3.8, 4) is 17.0 Å². The fourth-order valence-electron chi connectivity index (χ4n) is 4.51. The lowest BCUT2D eigenvalue weighted by molar-refractivity contribution is -0.137. The number of methoxy groups -OCH3 is 1. The van der Waals surface area contributed by atoms with Crippen LogP contribution in [0.3, 0.4) is 0 Å². The van der Waals surface area contributed by atoms with Gasteiger partial charge in [-0.25, -0.2) is 9.97 Å². The van der Waals surface area contributed by atoms with Gasteiger partial charge in [-0.2, -0.15) is 0 Å². The molecule has 11 heteroatoms. The van der Waals surface area contributed by atoms with Crippen molar-refractivity contribution < 1.29 is 24.2 Å². The number of carbonyl (C=O) groups excluding carboxylic acids is 2. The van der Waals surface area contributed by atoms with Gasteiger partial charge in [0.15, 0.2) is 0 Å². The van der Waals surface area contributed by atoms with Gasteiger partial charge < -0.3 is 31.1 Å². The number of ether oxygens (including phenoxy) is 1. The number of carboxylic acid groups (broad SMARTS) is 1. The number of amides is 2. The minimum atomic E-state index is -0.804. The number of carboxylic acids is 1. The van der Waals surface area contributed by atoms with E-state index in [-0.39, 0.29) is 30.3 Å². The molecule has 11 nitrogen and oxygen atoms in total. The molecule has 3 aromatic rings. The topological polar surface area (TPSA) is 155 Å². The summed E-state index contributed by atoms with van der Waals surface area (Å²) in [4.78, 5) is 44.4. The first-order valence-electron chi connectivity index (χ1n) is 13.3. The van der Waals surface area contributed by atoms with E-state index in [4.69, 9.17) is 9.84 Å². The van der Waals surface area contributed by atoms with Crippen LogP contribution in [-0.2, 0) is 9.59 Å². The molecule has 2 heterocycles. The van der Waals surface area contributed by atoms with E-state index in [0.29, 0.717) is 37.3 Å². The maximum atomic E-state index is 12.8. The molecule has 2 aromatic carbocycles. The van der Waals surface area contributed by atoms with Crippen LogP contribution in [0.4, 0.5) is 11.5 Å². The van der Waals surface area contributed by atoms with Gasteiger partial charge in [0.1, 0.15) is 17.9 Å². The van der Waals surface area contributed by atoms with Gasteiger partial charge in [0.2, 0.25) is 5.91 Å². The van der Waals surface area contributed by atoms with Crippen LogP contribution < -0.4 is 26.0 Å². The van der Waals surface area contributed by atoms with E-state index in [2.05, 4.69) is 31.2 Å². The first-order chi connectivity index (χ1) is 19.4. The number of carbonyl (C=O) groups is 3. The second-order valence-electron chi connectivity index (χ2n) is 9.55. The van der Waals surface area contributed by atoms with Gasteiger partial charge in [0.05, 0.1) is 18.8 Å². The molecule has 0 radical (unpaired) electrons. The standard InChI is InChI=1S/C29H34N6O5/c1-40-25-8-5-4-7-22(25)23-16-26(33-18-32-23)34-20-12-10-19(11-13-20)28(38)35-21-15-24(31-17-21)29(39)30-14-6-2-3-9-27(36)37/h4-5,7-8,10-13,16,18,21,24,31H,2-3,6,9,14-15,17H2,1H3,(H,30,39)(H,35,38)(H,36,37)(H,32,33,34)/t21-,24-/m0/s1. The van der Waals surface area contributed by atoms with Crippen LogP contribution in [-0.4, -0.2) is 65.1 Å². The predicted octanol–water partition coefficient (Wildman–Crippen LogP) is 3.12. The maximum absolute atomic E-state index is 12.8. The third kappa shape index (κ3) is 8.00. The average molecular weight is 547 g/mol. The van der Waals surface area contributed by atoms with Crippen molar-refractivity contribution >= 4 is 29.3 Å². The highest BCUT2D eigenvalue weighted by Gasteiger charge is 2.30. The number of nitrogens with zero attached hydrogens (tertiary/aromatic N) is 2. The van der Waals surface area contributed by atoms with Crippen molar-refractivity contribution in [1.82, 2.24) is 25.9 Å². The molecule has 2 atom stereocenters. The van der Waals surface area contributed by atoms with Crippen LogP contribution in [0.5, 0.6) is 5.75 Å². The average Bonchev–Trinajstić information content (AvgIpc) is 3.43. The Morgan fingerprint density at radius 2 is 1.85 bits per heavy atom. The zero-order chi connectivity index (χ0) is 28.3. The summed E-state index contributed by atoms with van der Waals surface area (Å²) in [7, 11) is 1.62. The monoisotopic (exact) mass is 546 g/mol. The van der Waals surface area contributed by atoms with E-state index < -0.39 is 5.97 Å². The number of benzene rings is 2. The summed E-state index contributed by atoms with van der Waals surface area (Å²) in [5, 5.41) is 20.9. The summed E-state index contributed by atoms with van der Waals surface area (Å²) in [5.41, 5.74) is 2.86. The minimum absolute atomic E-state index is 0.107. The van der Waals surface area contributed by atoms with Crippen molar-refractivity contribution in [2.45, 2.75) is 44.2 Å². The summed E-state index contributed by atoms with van der Waals surface area (Å²) in [6, 6.07) is 16.0. The SMILES string of the molecule is COc1ccccc1-c1cc(Nc2ccc(C(=O)N[C@@H]3CN[C@H](C(=O)NCCCCCC(=O)O)C3)cc2)ncn1. The molecule has 1 fully saturated rings. The Balaban J connectivity index is 1.24. The number of hydrogen-bond donors (Lipinski definition) is 5. The summed E-state index contributed by atoms with van der Waals surface area (Å²) >= 11 is 0. The Kier molecular flexibility index (Phi) is 10.0. The van der Waals surface area contributed by atoms with E-state index in [1.807, 2.05) is 30.3 Å². The molecule has 0 bridgehead atoms. The first kappa shape index (κ1) is 28.5. The summed E-state index contributed by atoms with van der Waals surface area (Å²) in [6.45, 7) is 1.01. The molecule has 1 aliphatic rings. The molecule has 4 rings (SSSR count). The molecular formula is C29H34N6O5. The largest absolute Gasteiger partial charge is 0.496 e. The molecule has 40 heavy (non-hydrogen) atoms. The fourth-order valence-corrected chi connectivity index (χ4v) is 4.51. The minimum Gasteiger partial charge on any atom is -0.496 e. The molecule has 0 aliphatic carbocycles. The first-order valence-corrected chi connectivity index (χ1v) is 13.3. The molecule has 0 unspecified atom stereocenters. The van der Waals surface area contributed by atoms with Crippen molar-refractivity contribution in [3.63, 3.8) is 0 Å². The van der Waals surface area contributed by atoms with Gasteiger partial charge in [0.25, 0.3) is 5.91 Å². The third-order valence-corrected chi connectivity index (χ3v) is 6.62. The Bertz CT molecular complexity index is 1320. The fraction of sp³-hybridized carbons (Fsp3) is 0.345. The molecule has 0 spiro atoms. The second-order valence-corrected chi connectivity index (χ2v) is 9.55. The van der Waals surface area contributed by atoms with Gasteiger partial charge in [-0.15, -0.1) is 0 Å². The molecule has 0 saturated carbocycles. The Morgan fingerprint density at radius 3 is 2.62 bits per heavy atom. The zero-order valence-corrected chi connectivity index (χ0v) is 22.4. The number of anilines is 2. The number of hydrogen-bond acceptors (Lipinski definition) is 8. The van der Waals surface area contributed by atoms with E-state index in [0.717, 1.165) is 35.5 Å². The summed E-state index contributed by atoms with van der Waals surface area (Å²) in [6.07, 6.45) is 4.21. The summed E-state index contributed by atoms with van der Waals surface area (Å²) in [5.74, 6) is 0.204. The molecule has 210 valence electrons. The number of para-hydroxylation sites is 1. The highest BCUT2D eigenvalue weighted by molar-refractivity contribution is 5.95. The van der Waals surface area contributed by atoms with E-state index in [1.54, 1.807) is 31.4 Å². The maximum Gasteiger partial charge on any atom is 0.303 e. The highest BCUT2D eigenvalue weighted by atomic mass is 16.5. The Labute approximate surface area is 232 Å². The van der Waals surface area contributed by atoms with Crippen LogP contribution in [0.2, 0.25) is 0 Å².